The standard InChI is InChI=1S/C8H14ClNO3/c1-3-10(6-7(11)5-9)8(12)13-4-2/h3-6H2,1-2H3. The monoisotopic (exact) mass is 207 g/mol. The van der Waals surface area contributed by atoms with Gasteiger partial charge in [-0.05, 0) is 13.8 Å². The molecule has 0 radical (unpaired) electrons. The van der Waals surface area contributed by atoms with Crippen LogP contribution in [0.25, 0.3) is 0 Å². The van der Waals surface area contributed by atoms with Crippen LogP contribution in [0.4, 0.5) is 4.79 Å². The molecule has 13 heavy (non-hydrogen) atoms. The summed E-state index contributed by atoms with van der Waals surface area (Å²) in [6.45, 7) is 4.28. The summed E-state index contributed by atoms with van der Waals surface area (Å²) >= 11 is 5.31. The van der Waals surface area contributed by atoms with Crippen LogP contribution >= 0.6 is 11.6 Å². The first-order chi connectivity index (χ1) is 6.15. The third-order valence-electron chi connectivity index (χ3n) is 1.42. The summed E-state index contributed by atoms with van der Waals surface area (Å²) in [6.07, 6.45) is -0.469. The van der Waals surface area contributed by atoms with Gasteiger partial charge in [0.1, 0.15) is 0 Å². The molecule has 0 spiro atoms. The van der Waals surface area contributed by atoms with Crippen molar-refractivity contribution < 1.29 is 14.3 Å². The zero-order valence-electron chi connectivity index (χ0n) is 7.88. The number of rotatable bonds is 5. The average molecular weight is 208 g/mol. The van der Waals surface area contributed by atoms with Crippen LogP contribution in [-0.2, 0) is 9.53 Å². The number of carbonyl (C=O) groups is 2. The summed E-state index contributed by atoms with van der Waals surface area (Å²) in [5.41, 5.74) is 0. The third kappa shape index (κ3) is 4.72. The molecule has 1 amide bonds. The first kappa shape index (κ1) is 12.2. The van der Waals surface area contributed by atoms with E-state index in [9.17, 15) is 9.59 Å². The largest absolute Gasteiger partial charge is 0.450 e. The molecule has 0 aromatic heterocycles. The predicted octanol–water partition coefficient (Wildman–Crippen LogP) is 1.27. The first-order valence-electron chi connectivity index (χ1n) is 4.15. The second kappa shape index (κ2) is 6.71. The Balaban J connectivity index is 4.01. The number of likely N-dealkylation sites (N-methyl/N-ethyl adjacent to an activating group) is 1. The highest BCUT2D eigenvalue weighted by atomic mass is 35.5. The topological polar surface area (TPSA) is 46.6 Å². The van der Waals surface area contributed by atoms with Crippen molar-refractivity contribution in [2.24, 2.45) is 0 Å². The van der Waals surface area contributed by atoms with Gasteiger partial charge in [0, 0.05) is 6.54 Å². The van der Waals surface area contributed by atoms with E-state index < -0.39 is 6.09 Å². The van der Waals surface area contributed by atoms with E-state index >= 15 is 0 Å². The van der Waals surface area contributed by atoms with Crippen molar-refractivity contribution >= 4 is 23.5 Å². The number of hydrogen-bond donors (Lipinski definition) is 0. The Kier molecular flexibility index (Phi) is 6.32. The van der Waals surface area contributed by atoms with Crippen molar-refractivity contribution in [3.8, 4) is 0 Å². The normalized spacial score (nSPS) is 9.46. The van der Waals surface area contributed by atoms with Gasteiger partial charge in [-0.1, -0.05) is 0 Å². The molecule has 0 aromatic carbocycles. The van der Waals surface area contributed by atoms with E-state index in [1.54, 1.807) is 13.8 Å². The summed E-state index contributed by atoms with van der Waals surface area (Å²) in [6, 6.07) is 0. The van der Waals surface area contributed by atoms with Gasteiger partial charge in [-0.15, -0.1) is 11.6 Å². The molecule has 0 rings (SSSR count). The van der Waals surface area contributed by atoms with Gasteiger partial charge < -0.3 is 9.64 Å². The minimum absolute atomic E-state index is 0.0266. The fourth-order valence-electron chi connectivity index (χ4n) is 0.775. The van der Waals surface area contributed by atoms with Crippen molar-refractivity contribution in [3.63, 3.8) is 0 Å². The van der Waals surface area contributed by atoms with Crippen LogP contribution in [0.15, 0.2) is 0 Å². The maximum absolute atomic E-state index is 11.1. The lowest BCUT2D eigenvalue weighted by atomic mass is 10.4. The number of alkyl halides is 1. The van der Waals surface area contributed by atoms with Gasteiger partial charge in [-0.25, -0.2) is 4.79 Å². The van der Waals surface area contributed by atoms with E-state index in [1.165, 1.54) is 4.90 Å². The van der Waals surface area contributed by atoms with E-state index in [-0.39, 0.29) is 18.2 Å². The minimum atomic E-state index is -0.469. The predicted molar refractivity (Wildman–Crippen MR) is 50.0 cm³/mol. The van der Waals surface area contributed by atoms with E-state index in [0.29, 0.717) is 13.2 Å². The number of halogens is 1. The summed E-state index contributed by atoms with van der Waals surface area (Å²) < 4.78 is 4.73. The molecule has 4 nitrogen and oxygen atoms in total. The van der Waals surface area contributed by atoms with Crippen LogP contribution in [0, 0.1) is 0 Å². The maximum atomic E-state index is 11.1. The van der Waals surface area contributed by atoms with Crippen molar-refractivity contribution in [2.75, 3.05) is 25.6 Å². The maximum Gasteiger partial charge on any atom is 0.410 e. The molecule has 0 aliphatic carbocycles. The van der Waals surface area contributed by atoms with Gasteiger partial charge in [0.25, 0.3) is 0 Å². The number of hydrogen-bond acceptors (Lipinski definition) is 3. The molecule has 0 unspecified atom stereocenters. The van der Waals surface area contributed by atoms with Crippen LogP contribution in [-0.4, -0.2) is 42.4 Å². The molecule has 0 saturated carbocycles. The molecule has 0 saturated heterocycles. The highest BCUT2D eigenvalue weighted by molar-refractivity contribution is 6.28. The molecule has 5 heteroatoms. The second-order valence-corrected chi connectivity index (χ2v) is 2.65. The van der Waals surface area contributed by atoms with Crippen molar-refractivity contribution in [1.82, 2.24) is 4.90 Å². The fourth-order valence-corrected chi connectivity index (χ4v) is 0.860. The van der Waals surface area contributed by atoms with Crippen LogP contribution in [0.1, 0.15) is 13.8 Å². The van der Waals surface area contributed by atoms with Crippen LogP contribution in [0.3, 0.4) is 0 Å². The second-order valence-electron chi connectivity index (χ2n) is 2.39. The van der Waals surface area contributed by atoms with Gasteiger partial charge in [0.2, 0.25) is 0 Å². The molecular weight excluding hydrogens is 194 g/mol. The number of nitrogens with zero attached hydrogens (tertiary/aromatic N) is 1. The van der Waals surface area contributed by atoms with Gasteiger partial charge in [0.15, 0.2) is 5.78 Å². The van der Waals surface area contributed by atoms with E-state index in [0.717, 1.165) is 0 Å². The van der Waals surface area contributed by atoms with Crippen LogP contribution in [0.5, 0.6) is 0 Å². The Morgan fingerprint density at radius 1 is 1.38 bits per heavy atom. The lowest BCUT2D eigenvalue weighted by Crippen LogP contribution is -2.36. The molecular formula is C8H14ClNO3. The van der Waals surface area contributed by atoms with Crippen molar-refractivity contribution in [1.29, 1.82) is 0 Å². The lowest BCUT2D eigenvalue weighted by Gasteiger charge is -2.18. The van der Waals surface area contributed by atoms with Gasteiger partial charge in [-0.2, -0.15) is 0 Å². The van der Waals surface area contributed by atoms with E-state index in [4.69, 9.17) is 16.3 Å². The summed E-state index contributed by atoms with van der Waals surface area (Å²) in [4.78, 5) is 23.4. The molecule has 0 atom stereocenters. The molecule has 0 heterocycles. The Hall–Kier alpha value is -0.770. The quantitative estimate of drug-likeness (QED) is 0.638. The third-order valence-corrected chi connectivity index (χ3v) is 1.72. The van der Waals surface area contributed by atoms with Crippen molar-refractivity contribution in [2.45, 2.75) is 13.8 Å². The highest BCUT2D eigenvalue weighted by Gasteiger charge is 2.15. The Bertz CT molecular complexity index is 184. The highest BCUT2D eigenvalue weighted by Crippen LogP contribution is 1.95. The molecule has 0 aliphatic heterocycles. The van der Waals surface area contributed by atoms with E-state index in [2.05, 4.69) is 0 Å². The van der Waals surface area contributed by atoms with Crippen LogP contribution < -0.4 is 0 Å². The minimum Gasteiger partial charge on any atom is -0.450 e. The van der Waals surface area contributed by atoms with Crippen LogP contribution in [0.2, 0.25) is 0 Å². The Morgan fingerprint density at radius 3 is 2.38 bits per heavy atom. The lowest BCUT2D eigenvalue weighted by molar-refractivity contribution is -0.117. The SMILES string of the molecule is CCOC(=O)N(CC)CC(=O)CCl. The summed E-state index contributed by atoms with van der Waals surface area (Å²) in [5, 5.41) is 0. The zero-order valence-corrected chi connectivity index (χ0v) is 8.63. The zero-order chi connectivity index (χ0) is 10.3. The molecule has 0 aromatic rings. The molecule has 76 valence electrons. The van der Waals surface area contributed by atoms with E-state index in [1.807, 2.05) is 0 Å². The smallest absolute Gasteiger partial charge is 0.410 e. The average Bonchev–Trinajstić information content (AvgIpc) is 2.14. The number of amides is 1. The summed E-state index contributed by atoms with van der Waals surface area (Å²) in [5.74, 6) is -0.257. The van der Waals surface area contributed by atoms with Gasteiger partial charge >= 0.3 is 6.09 Å². The Labute approximate surface area is 82.8 Å². The fraction of sp³-hybridized carbons (Fsp3) is 0.750. The number of ether oxygens (including phenoxy) is 1. The number of carbonyl (C=O) groups excluding carboxylic acids is 2. The van der Waals surface area contributed by atoms with Gasteiger partial charge in [-0.3, -0.25) is 4.79 Å². The van der Waals surface area contributed by atoms with Gasteiger partial charge in [0.05, 0.1) is 19.0 Å². The number of ketones is 1. The molecule has 0 aliphatic rings. The summed E-state index contributed by atoms with van der Waals surface area (Å²) in [7, 11) is 0. The molecule has 0 fully saturated rings. The molecule has 0 bridgehead atoms. The first-order valence-corrected chi connectivity index (χ1v) is 4.68. The Morgan fingerprint density at radius 2 is 2.00 bits per heavy atom. The number of Topliss-reactive ketones (excluding diaryl/α,β-unsaturated/α-hetero) is 1. The molecule has 0 N–H and O–H groups in total. The van der Waals surface area contributed by atoms with Crippen molar-refractivity contribution in [3.05, 3.63) is 0 Å².